The Balaban J connectivity index is 3.02. The number of nitrogens with two attached hydrogens (primary N) is 3. The van der Waals surface area contributed by atoms with E-state index in [0.717, 1.165) is 0 Å². The Morgan fingerprint density at radius 3 is 2.22 bits per heavy atom. The number of nitrogens with zero attached hydrogens (tertiary/aromatic N) is 2. The van der Waals surface area contributed by atoms with Crippen LogP contribution in [-0.2, 0) is 25.6 Å². The van der Waals surface area contributed by atoms with Crippen molar-refractivity contribution in [1.82, 2.24) is 25.9 Å². The van der Waals surface area contributed by atoms with Crippen LogP contribution < -0.4 is 33.2 Å². The molecule has 0 fully saturated rings. The molecule has 0 saturated carbocycles. The van der Waals surface area contributed by atoms with Crippen molar-refractivity contribution >= 4 is 41.4 Å². The van der Waals surface area contributed by atoms with E-state index in [0.29, 0.717) is 24.3 Å². The standard InChI is InChI=1S/C22H39N9O5S/c1-12(2)17(23)20(34)29-14(6-8-37-3)18(32)31-16(9-13-10-26-11-28-13)19(33)30-15(21(35)36)5-4-7-27-22(24)25/h10-12,14-17H,4-9,23H2,1-3H3,(H,26,28)(H,29,34)(H,30,33)(H,31,32)(H,35,36)(H4,24,25,27). The van der Waals surface area contributed by atoms with Crippen molar-refractivity contribution in [2.45, 2.75) is 63.7 Å². The zero-order chi connectivity index (χ0) is 28.0. The molecule has 0 radical (unpaired) electrons. The summed E-state index contributed by atoms with van der Waals surface area (Å²) < 4.78 is 0. The number of aromatic amines is 1. The number of carboxylic acids is 1. The molecule has 208 valence electrons. The summed E-state index contributed by atoms with van der Waals surface area (Å²) in [5.74, 6) is -2.68. The minimum atomic E-state index is -1.24. The van der Waals surface area contributed by atoms with Gasteiger partial charge in [-0.2, -0.15) is 11.8 Å². The molecule has 3 amide bonds. The molecule has 0 aliphatic rings. The summed E-state index contributed by atoms with van der Waals surface area (Å²) in [6.07, 6.45) is 5.49. The van der Waals surface area contributed by atoms with Gasteiger partial charge < -0.3 is 43.2 Å². The van der Waals surface area contributed by atoms with Gasteiger partial charge in [-0.05, 0) is 37.2 Å². The Morgan fingerprint density at radius 2 is 1.68 bits per heavy atom. The summed E-state index contributed by atoms with van der Waals surface area (Å²) >= 11 is 1.50. The van der Waals surface area contributed by atoms with E-state index >= 15 is 0 Å². The van der Waals surface area contributed by atoms with Gasteiger partial charge in [-0.3, -0.25) is 19.4 Å². The molecule has 15 heteroatoms. The Bertz CT molecular complexity index is 906. The Morgan fingerprint density at radius 1 is 1.05 bits per heavy atom. The summed E-state index contributed by atoms with van der Waals surface area (Å²) in [7, 11) is 0. The van der Waals surface area contributed by atoms with Crippen molar-refractivity contribution in [3.63, 3.8) is 0 Å². The number of H-pyrrole nitrogens is 1. The molecule has 11 N–H and O–H groups in total. The number of hydrogen-bond donors (Lipinski definition) is 8. The van der Waals surface area contributed by atoms with E-state index in [9.17, 15) is 24.3 Å². The molecular formula is C22H39N9O5S. The van der Waals surface area contributed by atoms with Crippen LogP contribution in [0.15, 0.2) is 17.5 Å². The molecule has 14 nitrogen and oxygen atoms in total. The van der Waals surface area contributed by atoms with E-state index in [2.05, 4.69) is 30.9 Å². The van der Waals surface area contributed by atoms with Crippen LogP contribution in [0.4, 0.5) is 0 Å². The zero-order valence-corrected chi connectivity index (χ0v) is 22.2. The predicted molar refractivity (Wildman–Crippen MR) is 141 cm³/mol. The summed E-state index contributed by atoms with van der Waals surface area (Å²) in [5.41, 5.74) is 17.0. The molecule has 0 bridgehead atoms. The third kappa shape index (κ3) is 12.0. The first-order chi connectivity index (χ1) is 17.5. The van der Waals surface area contributed by atoms with Gasteiger partial charge in [-0.15, -0.1) is 0 Å². The number of hydrogen-bond acceptors (Lipinski definition) is 8. The normalized spacial score (nSPS) is 14.2. The van der Waals surface area contributed by atoms with Crippen LogP contribution in [0, 0.1) is 5.92 Å². The molecule has 4 atom stereocenters. The maximum atomic E-state index is 13.2. The van der Waals surface area contributed by atoms with Gasteiger partial charge in [0.25, 0.3) is 0 Å². The fourth-order valence-corrected chi connectivity index (χ4v) is 3.68. The van der Waals surface area contributed by atoms with Crippen LogP contribution in [0.5, 0.6) is 0 Å². The third-order valence-corrected chi connectivity index (χ3v) is 6.08. The molecule has 0 saturated heterocycles. The van der Waals surface area contributed by atoms with Gasteiger partial charge in [0.05, 0.1) is 12.4 Å². The molecule has 1 heterocycles. The average molecular weight is 542 g/mol. The van der Waals surface area contributed by atoms with Crippen molar-refractivity contribution in [3.8, 4) is 0 Å². The topological polar surface area (TPSA) is 244 Å². The number of rotatable bonds is 17. The van der Waals surface area contributed by atoms with Crippen LogP contribution in [-0.4, -0.2) is 87.4 Å². The van der Waals surface area contributed by atoms with Gasteiger partial charge in [0.2, 0.25) is 17.7 Å². The van der Waals surface area contributed by atoms with Crippen molar-refractivity contribution in [3.05, 3.63) is 18.2 Å². The average Bonchev–Trinajstić information content (AvgIpc) is 3.35. The Hall–Kier alpha value is -3.33. The molecule has 0 aromatic carbocycles. The molecule has 1 aromatic heterocycles. The number of amides is 3. The number of aliphatic imine (C=N–C) groups is 1. The fourth-order valence-electron chi connectivity index (χ4n) is 3.21. The van der Waals surface area contributed by atoms with E-state index in [4.69, 9.17) is 17.2 Å². The maximum absolute atomic E-state index is 13.2. The minimum Gasteiger partial charge on any atom is -0.480 e. The quantitative estimate of drug-likeness (QED) is 0.0629. The number of nitrogens with one attached hydrogen (secondary N) is 4. The van der Waals surface area contributed by atoms with Gasteiger partial charge in [-0.25, -0.2) is 9.78 Å². The first-order valence-electron chi connectivity index (χ1n) is 11.9. The van der Waals surface area contributed by atoms with E-state index < -0.39 is 47.9 Å². The molecule has 37 heavy (non-hydrogen) atoms. The van der Waals surface area contributed by atoms with Crippen molar-refractivity contribution < 1.29 is 24.3 Å². The molecule has 4 unspecified atom stereocenters. The number of aliphatic carboxylic acids is 1. The number of guanidine groups is 1. The lowest BCUT2D eigenvalue weighted by atomic mass is 10.0. The monoisotopic (exact) mass is 541 g/mol. The van der Waals surface area contributed by atoms with E-state index in [1.807, 2.05) is 6.26 Å². The zero-order valence-electron chi connectivity index (χ0n) is 21.4. The van der Waals surface area contributed by atoms with Crippen LogP contribution in [0.2, 0.25) is 0 Å². The van der Waals surface area contributed by atoms with Crippen LogP contribution in [0.1, 0.15) is 38.8 Å². The second kappa shape index (κ2) is 16.4. The van der Waals surface area contributed by atoms with Crippen molar-refractivity contribution in [1.29, 1.82) is 0 Å². The number of carboxylic acid groups (broad SMARTS) is 1. The van der Waals surface area contributed by atoms with Gasteiger partial charge >= 0.3 is 5.97 Å². The van der Waals surface area contributed by atoms with Crippen molar-refractivity contribution in [2.24, 2.45) is 28.1 Å². The second-order valence-electron chi connectivity index (χ2n) is 8.80. The highest BCUT2D eigenvalue weighted by atomic mass is 32.2. The Kier molecular flexibility index (Phi) is 14.1. The number of thioether (sulfide) groups is 1. The van der Waals surface area contributed by atoms with E-state index in [1.54, 1.807) is 13.8 Å². The minimum absolute atomic E-state index is 0.0205. The van der Waals surface area contributed by atoms with Crippen molar-refractivity contribution in [2.75, 3.05) is 18.6 Å². The summed E-state index contributed by atoms with van der Waals surface area (Å²) in [5, 5.41) is 17.4. The van der Waals surface area contributed by atoms with Crippen LogP contribution in [0.3, 0.4) is 0 Å². The number of aromatic nitrogens is 2. The summed E-state index contributed by atoms with van der Waals surface area (Å²) in [6, 6.07) is -4.10. The molecular weight excluding hydrogens is 502 g/mol. The van der Waals surface area contributed by atoms with E-state index in [1.165, 1.54) is 24.3 Å². The van der Waals surface area contributed by atoms with Gasteiger partial charge in [0.1, 0.15) is 18.1 Å². The highest BCUT2D eigenvalue weighted by Gasteiger charge is 2.31. The van der Waals surface area contributed by atoms with Crippen LogP contribution >= 0.6 is 11.8 Å². The van der Waals surface area contributed by atoms with Gasteiger partial charge in [0, 0.05) is 24.9 Å². The molecule has 0 aliphatic carbocycles. The first-order valence-corrected chi connectivity index (χ1v) is 13.3. The lowest BCUT2D eigenvalue weighted by Gasteiger charge is -2.25. The molecule has 1 aromatic rings. The number of imidazole rings is 1. The highest BCUT2D eigenvalue weighted by Crippen LogP contribution is 2.07. The van der Waals surface area contributed by atoms with Crippen LogP contribution in [0.25, 0.3) is 0 Å². The fraction of sp³-hybridized carbons (Fsp3) is 0.636. The summed E-state index contributed by atoms with van der Waals surface area (Å²) in [4.78, 5) is 61.1. The lowest BCUT2D eigenvalue weighted by Crippen LogP contribution is -2.58. The number of carbonyl (C=O) groups is 4. The summed E-state index contributed by atoms with van der Waals surface area (Å²) in [6.45, 7) is 3.79. The second-order valence-corrected chi connectivity index (χ2v) is 9.79. The lowest BCUT2D eigenvalue weighted by molar-refractivity contribution is -0.142. The molecule has 1 rings (SSSR count). The first kappa shape index (κ1) is 31.7. The largest absolute Gasteiger partial charge is 0.480 e. The maximum Gasteiger partial charge on any atom is 0.326 e. The number of carbonyl (C=O) groups excluding carboxylic acids is 3. The highest BCUT2D eigenvalue weighted by molar-refractivity contribution is 7.98. The van der Waals surface area contributed by atoms with Gasteiger partial charge in [-0.1, -0.05) is 13.8 Å². The molecule has 0 aliphatic heterocycles. The molecule has 0 spiro atoms. The van der Waals surface area contributed by atoms with Gasteiger partial charge in [0.15, 0.2) is 5.96 Å². The Labute approximate surface area is 220 Å². The SMILES string of the molecule is CSCCC(NC(=O)C(N)C(C)C)C(=O)NC(Cc1cnc[nH]1)C(=O)NC(CCCN=C(N)N)C(=O)O. The predicted octanol–water partition coefficient (Wildman–Crippen LogP) is -1.72. The smallest absolute Gasteiger partial charge is 0.326 e. The third-order valence-electron chi connectivity index (χ3n) is 5.44. The van der Waals surface area contributed by atoms with E-state index in [-0.39, 0.29) is 31.3 Å².